The van der Waals surface area contributed by atoms with E-state index in [1.807, 2.05) is 54.6 Å². The Morgan fingerprint density at radius 3 is 1.81 bits per heavy atom. The summed E-state index contributed by atoms with van der Waals surface area (Å²) in [5.41, 5.74) is 2.31. The van der Waals surface area contributed by atoms with Crippen LogP contribution >= 0.6 is 11.8 Å². The van der Waals surface area contributed by atoms with E-state index < -0.39 is 28.3 Å². The quantitative estimate of drug-likeness (QED) is 0.356. The molecule has 3 aliphatic rings. The zero-order chi connectivity index (χ0) is 24.8. The Kier molecular flexibility index (Phi) is 5.86. The molecule has 1 spiro atoms. The van der Waals surface area contributed by atoms with E-state index in [0.29, 0.717) is 0 Å². The van der Waals surface area contributed by atoms with Crippen molar-refractivity contribution in [1.29, 1.82) is 0 Å². The van der Waals surface area contributed by atoms with Crippen LogP contribution in [0.4, 0.5) is 0 Å². The van der Waals surface area contributed by atoms with Crippen LogP contribution in [-0.4, -0.2) is 57.2 Å². The maximum atomic E-state index is 13.7. The van der Waals surface area contributed by atoms with Crippen molar-refractivity contribution in [2.24, 2.45) is 0 Å². The van der Waals surface area contributed by atoms with E-state index in [0.717, 1.165) is 42.6 Å². The molecule has 3 N–H and O–H groups in total. The molecule has 0 bridgehead atoms. The van der Waals surface area contributed by atoms with Gasteiger partial charge < -0.3 is 15.3 Å². The van der Waals surface area contributed by atoms with Gasteiger partial charge in [0.05, 0.1) is 10.3 Å². The second-order valence-electron chi connectivity index (χ2n) is 9.78. The number of piperidine rings is 1. The molecule has 3 aromatic rings. The third-order valence-electron chi connectivity index (χ3n) is 7.89. The Balaban J connectivity index is 1.46. The minimum absolute atomic E-state index is 0.137. The molecule has 184 valence electrons. The van der Waals surface area contributed by atoms with E-state index in [1.54, 1.807) is 16.7 Å². The minimum Gasteiger partial charge on any atom is -0.480 e. The van der Waals surface area contributed by atoms with E-state index in [9.17, 15) is 14.7 Å². The SMILES string of the molecule is O=C(O)C1N2C(=O)C(NC(c3ccccc3)(c3ccccc3)c3ccccc3)[C@@H]2SC12CCNCC2. The van der Waals surface area contributed by atoms with E-state index >= 15 is 0 Å². The molecule has 2 unspecified atom stereocenters. The second kappa shape index (κ2) is 9.07. The maximum Gasteiger partial charge on any atom is 0.327 e. The summed E-state index contributed by atoms with van der Waals surface area (Å²) in [6.07, 6.45) is 1.48. The molecule has 3 aliphatic heterocycles. The summed E-state index contributed by atoms with van der Waals surface area (Å²) in [5.74, 6) is -1.04. The standard InChI is InChI=1S/C29H29N3O3S/c33-25-23(26-32(25)24(27(34)35)28(36-26)16-18-30-19-17-28)31-29(20-10-4-1-5-11-20,21-12-6-2-7-13-21)22-14-8-3-9-15-22/h1-15,23-24,26,30-31H,16-19H2,(H,34,35)/t23?,24?,26-/m0/s1. The molecule has 3 heterocycles. The van der Waals surface area contributed by atoms with Crippen LogP contribution in [0.2, 0.25) is 0 Å². The Labute approximate surface area is 215 Å². The normalized spacial score (nSPS) is 24.8. The number of nitrogens with one attached hydrogen (secondary N) is 2. The van der Waals surface area contributed by atoms with Gasteiger partial charge in [-0.3, -0.25) is 10.1 Å². The monoisotopic (exact) mass is 499 g/mol. The van der Waals surface area contributed by atoms with E-state index in [2.05, 4.69) is 47.0 Å². The van der Waals surface area contributed by atoms with Crippen molar-refractivity contribution in [1.82, 2.24) is 15.5 Å². The predicted molar refractivity (Wildman–Crippen MR) is 141 cm³/mol. The fourth-order valence-corrected chi connectivity index (χ4v) is 8.13. The lowest BCUT2D eigenvalue weighted by molar-refractivity contribution is -0.161. The van der Waals surface area contributed by atoms with Gasteiger partial charge in [0.2, 0.25) is 5.91 Å². The third-order valence-corrected chi connectivity index (χ3v) is 9.73. The largest absolute Gasteiger partial charge is 0.480 e. The number of hydrogen-bond donors (Lipinski definition) is 3. The zero-order valence-corrected chi connectivity index (χ0v) is 20.7. The van der Waals surface area contributed by atoms with Gasteiger partial charge in [-0.05, 0) is 42.6 Å². The summed E-state index contributed by atoms with van der Waals surface area (Å²) in [5, 5.41) is 17.1. The Hall–Kier alpha value is -3.13. The average Bonchev–Trinajstić information content (AvgIpc) is 3.22. The predicted octanol–water partition coefficient (Wildman–Crippen LogP) is 3.43. The second-order valence-corrected chi connectivity index (χ2v) is 11.3. The smallest absolute Gasteiger partial charge is 0.327 e. The fraction of sp³-hybridized carbons (Fsp3) is 0.310. The van der Waals surface area contributed by atoms with Crippen molar-refractivity contribution < 1.29 is 14.7 Å². The number of thioether (sulfide) groups is 1. The molecule has 0 saturated carbocycles. The molecule has 1 amide bonds. The number of aliphatic carboxylic acids is 1. The molecular weight excluding hydrogens is 470 g/mol. The van der Waals surface area contributed by atoms with Crippen molar-refractivity contribution in [2.75, 3.05) is 13.1 Å². The van der Waals surface area contributed by atoms with Gasteiger partial charge in [-0.25, -0.2) is 4.79 Å². The number of rotatable bonds is 6. The van der Waals surface area contributed by atoms with Crippen LogP contribution in [0.5, 0.6) is 0 Å². The zero-order valence-electron chi connectivity index (χ0n) is 19.8. The van der Waals surface area contributed by atoms with E-state index in [-0.39, 0.29) is 11.3 Å². The minimum atomic E-state index is -0.904. The first kappa shape index (κ1) is 23.3. The summed E-state index contributed by atoms with van der Waals surface area (Å²) < 4.78 is -0.456. The van der Waals surface area contributed by atoms with Gasteiger partial charge in [0.15, 0.2) is 0 Å². The lowest BCUT2D eigenvalue weighted by Gasteiger charge is -2.49. The van der Waals surface area contributed by atoms with Crippen molar-refractivity contribution in [3.8, 4) is 0 Å². The molecule has 6 rings (SSSR count). The first-order chi connectivity index (χ1) is 17.6. The summed E-state index contributed by atoms with van der Waals surface area (Å²) >= 11 is 1.68. The third kappa shape index (κ3) is 3.49. The highest BCUT2D eigenvalue weighted by Crippen LogP contribution is 2.55. The van der Waals surface area contributed by atoms with Crippen LogP contribution in [0, 0.1) is 0 Å². The van der Waals surface area contributed by atoms with Gasteiger partial charge in [0.1, 0.15) is 17.5 Å². The number of hydrogen-bond acceptors (Lipinski definition) is 5. The average molecular weight is 500 g/mol. The summed E-state index contributed by atoms with van der Waals surface area (Å²) in [6.45, 7) is 1.54. The van der Waals surface area contributed by atoms with Crippen LogP contribution < -0.4 is 10.6 Å². The van der Waals surface area contributed by atoms with E-state index in [1.165, 1.54) is 0 Å². The number of carboxylic acids is 1. The van der Waals surface area contributed by atoms with Crippen molar-refractivity contribution >= 4 is 23.6 Å². The molecule has 3 aromatic carbocycles. The molecule has 3 saturated heterocycles. The molecule has 3 fully saturated rings. The first-order valence-electron chi connectivity index (χ1n) is 12.4. The lowest BCUT2D eigenvalue weighted by atomic mass is 9.75. The summed E-state index contributed by atoms with van der Waals surface area (Å²) in [4.78, 5) is 27.8. The van der Waals surface area contributed by atoms with Crippen LogP contribution in [0.3, 0.4) is 0 Å². The van der Waals surface area contributed by atoms with E-state index in [4.69, 9.17) is 0 Å². The van der Waals surface area contributed by atoms with Gasteiger partial charge in [-0.2, -0.15) is 0 Å². The van der Waals surface area contributed by atoms with Crippen LogP contribution in [0.25, 0.3) is 0 Å². The molecule has 36 heavy (non-hydrogen) atoms. The number of amides is 1. The number of carbonyl (C=O) groups is 2. The van der Waals surface area contributed by atoms with Gasteiger partial charge in [0, 0.05) is 0 Å². The van der Waals surface area contributed by atoms with Crippen LogP contribution in [-0.2, 0) is 15.1 Å². The highest BCUT2D eigenvalue weighted by molar-refractivity contribution is 8.01. The number of β-lactam (4-membered cyclic amide) rings is 1. The number of carboxylic acid groups (broad SMARTS) is 1. The molecule has 0 aliphatic carbocycles. The van der Waals surface area contributed by atoms with Gasteiger partial charge in [-0.1, -0.05) is 91.0 Å². The highest BCUT2D eigenvalue weighted by atomic mass is 32.2. The van der Waals surface area contributed by atoms with Crippen LogP contribution in [0.15, 0.2) is 91.0 Å². The van der Waals surface area contributed by atoms with Gasteiger partial charge in [0.25, 0.3) is 0 Å². The molecule has 7 heteroatoms. The Bertz CT molecular complexity index is 1150. The number of fused-ring (bicyclic) bond motifs is 1. The molecule has 0 radical (unpaired) electrons. The Morgan fingerprint density at radius 1 is 0.889 bits per heavy atom. The highest BCUT2D eigenvalue weighted by Gasteiger charge is 2.67. The molecule has 6 nitrogen and oxygen atoms in total. The van der Waals surface area contributed by atoms with Crippen molar-refractivity contribution in [2.45, 2.75) is 40.6 Å². The first-order valence-corrected chi connectivity index (χ1v) is 13.3. The van der Waals surface area contributed by atoms with Crippen LogP contribution in [0.1, 0.15) is 29.5 Å². The van der Waals surface area contributed by atoms with Gasteiger partial charge >= 0.3 is 5.97 Å². The van der Waals surface area contributed by atoms with Crippen molar-refractivity contribution in [3.63, 3.8) is 0 Å². The number of nitrogens with zero attached hydrogens (tertiary/aromatic N) is 1. The van der Waals surface area contributed by atoms with Gasteiger partial charge in [-0.15, -0.1) is 11.8 Å². The molecular formula is C29H29N3O3S. The van der Waals surface area contributed by atoms with Crippen molar-refractivity contribution in [3.05, 3.63) is 108 Å². The lowest BCUT2D eigenvalue weighted by Crippen LogP contribution is -2.73. The Morgan fingerprint density at radius 2 is 1.36 bits per heavy atom. The topological polar surface area (TPSA) is 81.7 Å². The maximum absolute atomic E-state index is 13.7. The fourth-order valence-electron chi connectivity index (χ4n) is 6.21. The molecule has 3 atom stereocenters. The summed E-state index contributed by atoms with van der Waals surface area (Å²) in [7, 11) is 0. The molecule has 0 aromatic heterocycles. The summed E-state index contributed by atoms with van der Waals surface area (Å²) in [6, 6.07) is 29.3. The number of benzene rings is 3. The number of carbonyl (C=O) groups excluding carboxylic acids is 1.